The van der Waals surface area contributed by atoms with Crippen molar-refractivity contribution < 1.29 is 18.7 Å². The molecule has 2 aromatic rings. The number of carboxylic acids is 1. The molecule has 0 radical (unpaired) electrons. The van der Waals surface area contributed by atoms with Gasteiger partial charge >= 0.3 is 5.97 Å². The van der Waals surface area contributed by atoms with Crippen molar-refractivity contribution in [2.75, 3.05) is 24.7 Å². The van der Waals surface area contributed by atoms with Gasteiger partial charge in [-0.15, -0.1) is 0 Å². The number of pyridine rings is 1. The van der Waals surface area contributed by atoms with Gasteiger partial charge in [-0.1, -0.05) is 11.8 Å². The van der Waals surface area contributed by atoms with Crippen LogP contribution < -0.4 is 16.1 Å². The third-order valence-electron chi connectivity index (χ3n) is 4.68. The van der Waals surface area contributed by atoms with Crippen LogP contribution in [0, 0.1) is 5.82 Å². The van der Waals surface area contributed by atoms with Crippen molar-refractivity contribution in [1.29, 1.82) is 0 Å². The van der Waals surface area contributed by atoms with Gasteiger partial charge in [0.15, 0.2) is 0 Å². The van der Waals surface area contributed by atoms with E-state index in [1.54, 1.807) is 4.90 Å². The Morgan fingerprint density at radius 1 is 1.44 bits per heavy atom. The van der Waals surface area contributed by atoms with Gasteiger partial charge in [-0.05, 0) is 18.6 Å². The normalized spacial score (nSPS) is 22.1. The van der Waals surface area contributed by atoms with Gasteiger partial charge in [0.2, 0.25) is 5.43 Å². The molecule has 3 heterocycles. The fraction of sp³-hybridized carbons (Fsp3) is 0.375. The number of hydrogen-bond acceptors (Lipinski definition) is 5. The first-order chi connectivity index (χ1) is 11.9. The lowest BCUT2D eigenvalue weighted by Gasteiger charge is -2.33. The number of benzene rings is 1. The molecule has 0 unspecified atom stereocenters. The Kier molecular flexibility index (Phi) is 3.73. The lowest BCUT2D eigenvalue weighted by atomic mass is 10.1. The summed E-state index contributed by atoms with van der Waals surface area (Å²) in [6.45, 7) is 0.374. The van der Waals surface area contributed by atoms with Crippen LogP contribution in [0.15, 0.2) is 22.0 Å². The molecule has 1 aromatic heterocycles. The van der Waals surface area contributed by atoms with Crippen LogP contribution in [0.5, 0.6) is 0 Å². The number of halogens is 2. The van der Waals surface area contributed by atoms with Crippen molar-refractivity contribution in [3.63, 3.8) is 0 Å². The van der Waals surface area contributed by atoms with E-state index < -0.39 is 34.8 Å². The van der Waals surface area contributed by atoms with E-state index in [1.807, 2.05) is 0 Å². The number of nitrogens with two attached hydrogens (primary N) is 1. The van der Waals surface area contributed by atoms with Crippen LogP contribution in [0.1, 0.15) is 22.2 Å². The number of thioether (sulfide) groups is 1. The number of carbonyl (C=O) groups is 1. The summed E-state index contributed by atoms with van der Waals surface area (Å²) in [5.74, 6) is -2.00. The zero-order valence-corrected chi connectivity index (χ0v) is 13.9. The minimum atomic E-state index is -1.39. The molecule has 1 fully saturated rings. The molecule has 0 spiro atoms. The average Bonchev–Trinajstić information content (AvgIpc) is 2.96. The van der Waals surface area contributed by atoms with Crippen molar-refractivity contribution >= 4 is 34.3 Å². The predicted molar refractivity (Wildman–Crippen MR) is 90.8 cm³/mol. The van der Waals surface area contributed by atoms with E-state index in [1.165, 1.54) is 10.6 Å². The molecule has 132 valence electrons. The number of aromatic carboxylic acids is 1. The number of rotatable bonds is 3. The minimum Gasteiger partial charge on any atom is -0.477 e. The third kappa shape index (κ3) is 2.33. The summed E-state index contributed by atoms with van der Waals surface area (Å²) in [6.07, 6.45) is 0.733. The molecule has 25 heavy (non-hydrogen) atoms. The van der Waals surface area contributed by atoms with E-state index >= 15 is 0 Å². The van der Waals surface area contributed by atoms with Gasteiger partial charge in [-0.2, -0.15) is 0 Å². The van der Waals surface area contributed by atoms with Crippen LogP contribution in [0.2, 0.25) is 0 Å². The number of nitrogens with zero attached hydrogens (tertiary/aromatic N) is 2. The van der Waals surface area contributed by atoms with E-state index in [-0.39, 0.29) is 16.5 Å². The maximum atomic E-state index is 14.6. The van der Waals surface area contributed by atoms with Gasteiger partial charge in [0.05, 0.1) is 16.2 Å². The lowest BCUT2D eigenvalue weighted by molar-refractivity contribution is 0.0689. The van der Waals surface area contributed by atoms with Crippen molar-refractivity contribution in [2.45, 2.75) is 22.9 Å². The Balaban J connectivity index is 1.99. The summed E-state index contributed by atoms with van der Waals surface area (Å²) in [7, 11) is 0. The van der Waals surface area contributed by atoms with Crippen LogP contribution in [0.25, 0.3) is 10.9 Å². The van der Waals surface area contributed by atoms with Gasteiger partial charge in [-0.25, -0.2) is 13.6 Å². The topological polar surface area (TPSA) is 88.6 Å². The summed E-state index contributed by atoms with van der Waals surface area (Å²) in [6, 6.07) is 2.50. The number of carboxylic acid groups (broad SMARTS) is 1. The summed E-state index contributed by atoms with van der Waals surface area (Å²) in [5.41, 5.74) is 5.34. The highest BCUT2D eigenvalue weighted by Crippen LogP contribution is 2.47. The molecule has 4 rings (SSSR count). The van der Waals surface area contributed by atoms with E-state index in [4.69, 9.17) is 5.73 Å². The van der Waals surface area contributed by atoms with Crippen molar-refractivity contribution in [1.82, 2.24) is 4.57 Å². The fourth-order valence-electron chi connectivity index (χ4n) is 3.47. The first kappa shape index (κ1) is 16.3. The molecule has 6 nitrogen and oxygen atoms in total. The summed E-state index contributed by atoms with van der Waals surface area (Å²) in [5, 5.41) is 8.86. The Morgan fingerprint density at radius 2 is 2.20 bits per heavy atom. The smallest absolute Gasteiger partial charge is 0.342 e. The van der Waals surface area contributed by atoms with Gasteiger partial charge in [-0.3, -0.25) is 4.79 Å². The van der Waals surface area contributed by atoms with Crippen molar-refractivity contribution in [3.05, 3.63) is 33.7 Å². The van der Waals surface area contributed by atoms with Gasteiger partial charge in [0.1, 0.15) is 23.4 Å². The number of aromatic nitrogens is 1. The van der Waals surface area contributed by atoms with Gasteiger partial charge < -0.3 is 20.3 Å². The molecular weight excluding hydrogens is 352 g/mol. The zero-order chi connectivity index (χ0) is 17.9. The largest absolute Gasteiger partial charge is 0.477 e. The lowest BCUT2D eigenvalue weighted by Crippen LogP contribution is -2.31. The Bertz CT molecular complexity index is 962. The summed E-state index contributed by atoms with van der Waals surface area (Å²) < 4.78 is 29.3. The zero-order valence-electron chi connectivity index (χ0n) is 13.0. The first-order valence-electron chi connectivity index (χ1n) is 7.80. The van der Waals surface area contributed by atoms with Gasteiger partial charge in [0, 0.05) is 24.5 Å². The highest BCUT2D eigenvalue weighted by atomic mass is 32.2. The van der Waals surface area contributed by atoms with Crippen LogP contribution in [-0.4, -0.2) is 41.4 Å². The van der Waals surface area contributed by atoms with E-state index in [0.717, 1.165) is 24.2 Å². The second-order valence-corrected chi connectivity index (χ2v) is 7.39. The number of anilines is 1. The monoisotopic (exact) mass is 367 g/mol. The Morgan fingerprint density at radius 3 is 2.80 bits per heavy atom. The molecule has 0 bridgehead atoms. The third-order valence-corrected chi connectivity index (χ3v) is 5.91. The van der Waals surface area contributed by atoms with E-state index in [2.05, 4.69) is 0 Å². The van der Waals surface area contributed by atoms with E-state index in [0.29, 0.717) is 24.3 Å². The van der Waals surface area contributed by atoms with Crippen LogP contribution in [0.4, 0.5) is 14.5 Å². The molecule has 9 heteroatoms. The first-order valence-corrected chi connectivity index (χ1v) is 8.68. The molecule has 0 aliphatic carbocycles. The Hall–Kier alpha value is -2.13. The maximum absolute atomic E-state index is 14.6. The van der Waals surface area contributed by atoms with E-state index in [9.17, 15) is 23.5 Å². The molecule has 1 saturated heterocycles. The molecule has 2 atom stereocenters. The quantitative estimate of drug-likeness (QED) is 0.862. The van der Waals surface area contributed by atoms with Crippen molar-refractivity contribution in [2.24, 2.45) is 5.73 Å². The number of hydrogen-bond donors (Lipinski definition) is 2. The van der Waals surface area contributed by atoms with Gasteiger partial charge in [0.25, 0.3) is 0 Å². The fourth-order valence-corrected chi connectivity index (χ4v) is 4.59. The SMILES string of the molecule is N[C@H]1CCN(c2cc3c(cc2F)c(=O)c(C(=O)O)c2n3[C@@H](CF)S2)C1. The molecular formula is C16H15F2N3O3S. The predicted octanol–water partition coefficient (Wildman–Crippen LogP) is 1.95. The molecule has 1 aromatic carbocycles. The molecule has 2 aliphatic heterocycles. The second-order valence-electron chi connectivity index (χ2n) is 6.23. The standard InChI is InChI=1S/C16H15F2N3O3S/c17-5-12-21-10-4-11(20-2-1-7(19)6-20)9(18)3-8(10)14(22)13(16(23)24)15(21)25-12/h3-4,7,12H,1-2,5-6,19H2,(H,23,24)/t7-,12+/m0/s1. The summed E-state index contributed by atoms with van der Waals surface area (Å²) in [4.78, 5) is 25.7. The highest BCUT2D eigenvalue weighted by molar-refractivity contribution is 8.00. The molecule has 3 N–H and O–H groups in total. The Labute approximate surface area is 145 Å². The molecule has 2 aliphatic rings. The molecule has 0 saturated carbocycles. The number of alkyl halides is 1. The second kappa shape index (κ2) is 5.70. The van der Waals surface area contributed by atoms with Crippen LogP contribution in [0.3, 0.4) is 0 Å². The van der Waals surface area contributed by atoms with Crippen LogP contribution in [-0.2, 0) is 0 Å². The number of fused-ring (bicyclic) bond motifs is 3. The minimum absolute atomic E-state index is 0.0513. The highest BCUT2D eigenvalue weighted by Gasteiger charge is 2.36. The van der Waals surface area contributed by atoms with Crippen molar-refractivity contribution in [3.8, 4) is 0 Å². The summed E-state index contributed by atoms with van der Waals surface area (Å²) >= 11 is 1.01. The maximum Gasteiger partial charge on any atom is 0.342 e. The molecule has 0 amide bonds. The average molecular weight is 367 g/mol. The van der Waals surface area contributed by atoms with Crippen LogP contribution >= 0.6 is 11.8 Å².